The summed E-state index contributed by atoms with van der Waals surface area (Å²) in [5.41, 5.74) is 1.30. The lowest BCUT2D eigenvalue weighted by Crippen LogP contribution is -2.38. The highest BCUT2D eigenvalue weighted by molar-refractivity contribution is 5.48. The molecular formula is C12H17N3. The van der Waals surface area contributed by atoms with Crippen LogP contribution in [-0.2, 0) is 0 Å². The summed E-state index contributed by atoms with van der Waals surface area (Å²) < 4.78 is 0. The summed E-state index contributed by atoms with van der Waals surface area (Å²) in [6.45, 7) is 2.29. The molecule has 15 heavy (non-hydrogen) atoms. The number of hydrogen-bond donors (Lipinski definition) is 1. The minimum absolute atomic E-state index is 0.682. The average Bonchev–Trinajstić information content (AvgIpc) is 2.53. The molecule has 2 saturated heterocycles. The first-order chi connectivity index (χ1) is 7.45. The van der Waals surface area contributed by atoms with Gasteiger partial charge in [-0.3, -0.25) is 4.98 Å². The van der Waals surface area contributed by atoms with Crippen molar-refractivity contribution in [2.45, 2.75) is 31.3 Å². The SMILES string of the molecule is c1cncc(N2[C@H]3CCNC[C@@H]2CC3)c1. The van der Waals surface area contributed by atoms with E-state index in [1.165, 1.54) is 24.9 Å². The number of fused-ring (bicyclic) bond motifs is 2. The molecule has 2 bridgehead atoms. The van der Waals surface area contributed by atoms with Gasteiger partial charge in [-0.25, -0.2) is 0 Å². The first-order valence-corrected chi connectivity index (χ1v) is 5.84. The number of nitrogens with zero attached hydrogens (tertiary/aromatic N) is 2. The van der Waals surface area contributed by atoms with Gasteiger partial charge in [0.15, 0.2) is 0 Å². The van der Waals surface area contributed by atoms with E-state index in [4.69, 9.17) is 0 Å². The largest absolute Gasteiger partial charge is 0.363 e. The van der Waals surface area contributed by atoms with Crippen molar-refractivity contribution in [3.63, 3.8) is 0 Å². The number of pyridine rings is 1. The van der Waals surface area contributed by atoms with Crippen molar-refractivity contribution in [3.8, 4) is 0 Å². The van der Waals surface area contributed by atoms with Crippen LogP contribution in [0.3, 0.4) is 0 Å². The zero-order valence-corrected chi connectivity index (χ0v) is 8.89. The Labute approximate surface area is 90.5 Å². The molecule has 2 aliphatic rings. The minimum Gasteiger partial charge on any atom is -0.363 e. The normalized spacial score (nSPS) is 30.3. The Morgan fingerprint density at radius 1 is 1.27 bits per heavy atom. The van der Waals surface area contributed by atoms with E-state index in [1.807, 2.05) is 18.5 Å². The maximum Gasteiger partial charge on any atom is 0.0558 e. The number of aromatic nitrogens is 1. The molecule has 80 valence electrons. The molecule has 0 radical (unpaired) electrons. The van der Waals surface area contributed by atoms with Crippen LogP contribution in [0.2, 0.25) is 0 Å². The predicted octanol–water partition coefficient (Wildman–Crippen LogP) is 1.41. The summed E-state index contributed by atoms with van der Waals surface area (Å²) in [6, 6.07) is 5.63. The van der Waals surface area contributed by atoms with Crippen molar-refractivity contribution in [2.75, 3.05) is 18.0 Å². The molecule has 0 aromatic carbocycles. The van der Waals surface area contributed by atoms with E-state index in [9.17, 15) is 0 Å². The van der Waals surface area contributed by atoms with E-state index >= 15 is 0 Å². The fourth-order valence-corrected chi connectivity index (χ4v) is 2.91. The number of anilines is 1. The standard InChI is InChI=1S/C12H17N3/c1-2-11(8-13-6-1)15-10-3-4-12(15)9-14-7-5-10/h1-2,6,8,10,12,14H,3-5,7,9H2/t10-,12+/m1/s1. The number of rotatable bonds is 1. The van der Waals surface area contributed by atoms with Gasteiger partial charge in [0.2, 0.25) is 0 Å². The van der Waals surface area contributed by atoms with Crippen LogP contribution in [0, 0.1) is 0 Å². The van der Waals surface area contributed by atoms with E-state index in [1.54, 1.807) is 0 Å². The Kier molecular flexibility index (Phi) is 2.33. The van der Waals surface area contributed by atoms with E-state index in [0.717, 1.165) is 19.1 Å². The van der Waals surface area contributed by atoms with Crippen molar-refractivity contribution in [2.24, 2.45) is 0 Å². The van der Waals surface area contributed by atoms with E-state index in [-0.39, 0.29) is 0 Å². The second-order valence-corrected chi connectivity index (χ2v) is 4.50. The third-order valence-corrected chi connectivity index (χ3v) is 3.60. The van der Waals surface area contributed by atoms with Gasteiger partial charge in [-0.2, -0.15) is 0 Å². The van der Waals surface area contributed by atoms with Crippen molar-refractivity contribution in [1.29, 1.82) is 0 Å². The van der Waals surface area contributed by atoms with Gasteiger partial charge in [0.1, 0.15) is 0 Å². The molecule has 3 heteroatoms. The van der Waals surface area contributed by atoms with Gasteiger partial charge in [-0.1, -0.05) is 0 Å². The van der Waals surface area contributed by atoms with Crippen molar-refractivity contribution in [1.82, 2.24) is 10.3 Å². The molecule has 1 aromatic rings. The summed E-state index contributed by atoms with van der Waals surface area (Å²) in [5, 5.41) is 3.52. The number of hydrogen-bond acceptors (Lipinski definition) is 3. The third kappa shape index (κ3) is 1.61. The maximum absolute atomic E-state index is 4.23. The lowest BCUT2D eigenvalue weighted by molar-refractivity contribution is 0.567. The first kappa shape index (κ1) is 9.16. The van der Waals surface area contributed by atoms with E-state index < -0.39 is 0 Å². The Balaban J connectivity index is 1.91. The molecule has 0 unspecified atom stereocenters. The van der Waals surface area contributed by atoms with Gasteiger partial charge in [0.25, 0.3) is 0 Å². The Bertz CT molecular complexity index is 311. The molecule has 2 aliphatic heterocycles. The van der Waals surface area contributed by atoms with Gasteiger partial charge >= 0.3 is 0 Å². The third-order valence-electron chi connectivity index (χ3n) is 3.60. The molecule has 2 fully saturated rings. The highest BCUT2D eigenvalue weighted by Crippen LogP contribution is 2.32. The van der Waals surface area contributed by atoms with Crippen LogP contribution in [0.25, 0.3) is 0 Å². The highest BCUT2D eigenvalue weighted by atomic mass is 15.2. The van der Waals surface area contributed by atoms with Crippen LogP contribution in [0.15, 0.2) is 24.5 Å². The van der Waals surface area contributed by atoms with Gasteiger partial charge in [0, 0.05) is 24.8 Å². The average molecular weight is 203 g/mol. The lowest BCUT2D eigenvalue weighted by Gasteiger charge is -2.29. The topological polar surface area (TPSA) is 28.2 Å². The highest BCUT2D eigenvalue weighted by Gasteiger charge is 2.34. The molecule has 1 N–H and O–H groups in total. The van der Waals surface area contributed by atoms with Crippen LogP contribution in [-0.4, -0.2) is 30.2 Å². The summed E-state index contributed by atoms with van der Waals surface area (Å²) in [6.07, 6.45) is 7.79. The lowest BCUT2D eigenvalue weighted by atomic mass is 10.1. The van der Waals surface area contributed by atoms with Crippen LogP contribution >= 0.6 is 0 Å². The Morgan fingerprint density at radius 2 is 2.20 bits per heavy atom. The van der Waals surface area contributed by atoms with Crippen LogP contribution < -0.4 is 10.2 Å². The smallest absolute Gasteiger partial charge is 0.0558 e. The molecule has 0 amide bonds. The van der Waals surface area contributed by atoms with Crippen molar-refractivity contribution < 1.29 is 0 Å². The molecule has 0 spiro atoms. The monoisotopic (exact) mass is 203 g/mol. The van der Waals surface area contributed by atoms with E-state index in [2.05, 4.69) is 21.3 Å². The maximum atomic E-state index is 4.23. The van der Waals surface area contributed by atoms with Crippen molar-refractivity contribution >= 4 is 5.69 Å². The molecule has 0 saturated carbocycles. The zero-order chi connectivity index (χ0) is 10.1. The molecule has 3 rings (SSSR count). The fourth-order valence-electron chi connectivity index (χ4n) is 2.91. The molecular weight excluding hydrogens is 186 g/mol. The summed E-state index contributed by atoms with van der Waals surface area (Å²) in [7, 11) is 0. The van der Waals surface area contributed by atoms with Gasteiger partial charge in [-0.15, -0.1) is 0 Å². The molecule has 0 aliphatic carbocycles. The second-order valence-electron chi connectivity index (χ2n) is 4.50. The fraction of sp³-hybridized carbons (Fsp3) is 0.583. The quantitative estimate of drug-likeness (QED) is 0.748. The summed E-state index contributed by atoms with van der Waals surface area (Å²) >= 11 is 0. The second kappa shape index (κ2) is 3.81. The molecule has 3 nitrogen and oxygen atoms in total. The van der Waals surface area contributed by atoms with Crippen LogP contribution in [0.1, 0.15) is 19.3 Å². The van der Waals surface area contributed by atoms with Gasteiger partial charge in [0.05, 0.1) is 11.9 Å². The zero-order valence-electron chi connectivity index (χ0n) is 8.89. The first-order valence-electron chi connectivity index (χ1n) is 5.84. The molecule has 3 heterocycles. The van der Waals surface area contributed by atoms with E-state index in [0.29, 0.717) is 6.04 Å². The Morgan fingerprint density at radius 3 is 3.07 bits per heavy atom. The molecule has 2 atom stereocenters. The summed E-state index contributed by atoms with van der Waals surface area (Å²) in [5.74, 6) is 0. The summed E-state index contributed by atoms with van der Waals surface area (Å²) in [4.78, 5) is 6.80. The Hall–Kier alpha value is -1.09. The van der Waals surface area contributed by atoms with Gasteiger partial charge in [-0.05, 0) is 37.9 Å². The van der Waals surface area contributed by atoms with Crippen molar-refractivity contribution in [3.05, 3.63) is 24.5 Å². The predicted molar refractivity (Wildman–Crippen MR) is 61.0 cm³/mol. The van der Waals surface area contributed by atoms with Crippen LogP contribution in [0.5, 0.6) is 0 Å². The van der Waals surface area contributed by atoms with Gasteiger partial charge < -0.3 is 10.2 Å². The molecule has 1 aromatic heterocycles. The minimum atomic E-state index is 0.682. The van der Waals surface area contributed by atoms with Crippen LogP contribution in [0.4, 0.5) is 5.69 Å². The number of nitrogens with one attached hydrogen (secondary N) is 1.